The molecule has 0 aromatic heterocycles. The van der Waals surface area contributed by atoms with Crippen LogP contribution in [0.2, 0.25) is 0 Å². The summed E-state index contributed by atoms with van der Waals surface area (Å²) in [5, 5.41) is 14.1. The highest BCUT2D eigenvalue weighted by atomic mass is 79.9. The number of amides is 3. The number of halogens is 1. The summed E-state index contributed by atoms with van der Waals surface area (Å²) in [4.78, 5) is 60.6. The number of hydrogen-bond acceptors (Lipinski definition) is 7. The molecule has 3 amide bonds. The van der Waals surface area contributed by atoms with E-state index in [4.69, 9.17) is 9.47 Å². The molecule has 3 aliphatic rings. The van der Waals surface area contributed by atoms with Crippen molar-refractivity contribution in [1.82, 2.24) is 15.1 Å². The molecule has 2 bridgehead atoms. The Balaban J connectivity index is 1.56. The quantitative estimate of drug-likeness (QED) is 0.115. The Morgan fingerprint density at radius 1 is 1.07 bits per heavy atom. The number of carbonyl (C=O) groups is 4. The number of esters is 1. The maximum atomic E-state index is 15.3. The summed E-state index contributed by atoms with van der Waals surface area (Å²) in [5.74, 6) is -3.52. The smallest absolute Gasteiger partial charge is 0.306 e. The summed E-state index contributed by atoms with van der Waals surface area (Å²) < 4.78 is 12.5. The van der Waals surface area contributed by atoms with Crippen LogP contribution in [0.5, 0.6) is 0 Å². The predicted molar refractivity (Wildman–Crippen MR) is 211 cm³/mol. The molecule has 0 saturated carbocycles. The molecule has 292 valence electrons. The monoisotopic (exact) mass is 805 g/mol. The second kappa shape index (κ2) is 16.9. The van der Waals surface area contributed by atoms with Crippen molar-refractivity contribution in [2.24, 2.45) is 17.3 Å². The van der Waals surface area contributed by atoms with E-state index in [0.717, 1.165) is 11.1 Å². The van der Waals surface area contributed by atoms with Crippen LogP contribution in [0.3, 0.4) is 0 Å². The van der Waals surface area contributed by atoms with Crippen LogP contribution >= 0.6 is 15.9 Å². The van der Waals surface area contributed by atoms with Crippen LogP contribution < -0.4 is 5.32 Å². The van der Waals surface area contributed by atoms with Crippen molar-refractivity contribution < 1.29 is 33.8 Å². The highest BCUT2D eigenvalue weighted by molar-refractivity contribution is 9.09. The fourth-order valence-electron chi connectivity index (χ4n) is 9.13. The third-order valence-corrected chi connectivity index (χ3v) is 11.8. The number of carbonyl (C=O) groups excluding carboxylic acids is 4. The normalized spacial score (nSPS) is 25.8. The van der Waals surface area contributed by atoms with E-state index in [0.29, 0.717) is 25.7 Å². The van der Waals surface area contributed by atoms with Crippen molar-refractivity contribution in [2.75, 3.05) is 19.8 Å². The summed E-state index contributed by atoms with van der Waals surface area (Å²) >= 11 is 3.79. The standard InChI is InChI=1S/C43H56BrN3O7/c1-8-10-21-33(49)53-26-32(29-19-15-12-16-20-29)45-38(50)34-35-39(51)47(30(25-48)23-28-17-13-11-14-18-28)37(43(35)24-31(44)36(34)54-43)40(52)46(22-9-2)42(6,7)27-41(3,4)5/h8-9,11-20,30-32,34-37,48H,1-2,10,21-27H2,3-7H3,(H,45,50)/t30-,31?,32-,34-,35+,36-,37-,43+/m1/s1. The van der Waals surface area contributed by atoms with Crippen molar-refractivity contribution in [3.8, 4) is 0 Å². The van der Waals surface area contributed by atoms with Crippen LogP contribution in [-0.2, 0) is 35.1 Å². The first-order chi connectivity index (χ1) is 25.6. The molecular weight excluding hydrogens is 750 g/mol. The number of aliphatic hydroxyl groups is 1. The maximum absolute atomic E-state index is 15.3. The number of allylic oxidation sites excluding steroid dienone is 1. The minimum Gasteiger partial charge on any atom is -0.463 e. The summed E-state index contributed by atoms with van der Waals surface area (Å²) in [6.07, 6.45) is 4.54. The van der Waals surface area contributed by atoms with Crippen molar-refractivity contribution >= 4 is 39.6 Å². The lowest BCUT2D eigenvalue weighted by molar-refractivity contribution is -0.155. The minimum absolute atomic E-state index is 0.109. The molecular formula is C43H56BrN3O7. The molecule has 2 aromatic carbocycles. The van der Waals surface area contributed by atoms with Crippen molar-refractivity contribution in [3.05, 3.63) is 97.1 Å². The van der Waals surface area contributed by atoms with Gasteiger partial charge in [0.25, 0.3) is 0 Å². The van der Waals surface area contributed by atoms with Gasteiger partial charge in [-0.15, -0.1) is 13.2 Å². The summed E-state index contributed by atoms with van der Waals surface area (Å²) in [6, 6.07) is 16.2. The van der Waals surface area contributed by atoms with Crippen LogP contribution in [0, 0.1) is 17.3 Å². The number of likely N-dealkylation sites (tertiary alicyclic amines) is 1. The van der Waals surface area contributed by atoms with Crippen molar-refractivity contribution in [2.45, 2.75) is 107 Å². The Morgan fingerprint density at radius 2 is 1.72 bits per heavy atom. The Morgan fingerprint density at radius 3 is 2.31 bits per heavy atom. The topological polar surface area (TPSA) is 125 Å². The zero-order valence-electron chi connectivity index (χ0n) is 32.2. The molecule has 3 heterocycles. The predicted octanol–water partition coefficient (Wildman–Crippen LogP) is 5.93. The number of hydrogen-bond donors (Lipinski definition) is 2. The number of rotatable bonds is 17. The lowest BCUT2D eigenvalue weighted by Crippen LogP contribution is -2.63. The Bertz CT molecular complexity index is 1680. The molecule has 1 unspecified atom stereocenters. The number of nitrogens with one attached hydrogen (secondary N) is 1. The number of benzene rings is 2. The van der Waals surface area contributed by atoms with E-state index in [-0.39, 0.29) is 35.7 Å². The largest absolute Gasteiger partial charge is 0.463 e. The molecule has 3 saturated heterocycles. The molecule has 54 heavy (non-hydrogen) atoms. The molecule has 11 heteroatoms. The SMILES string of the molecule is C=CCCC(=O)OC[C@@H](NC(=O)[C@H]1[C@@H]2O[C@@]3(CC2Br)[C@@H]1C(=O)N([C@@H](CO)Cc1ccccc1)[C@@H]3C(=O)N(CC=C)C(C)(C)CC(C)(C)C)c1ccccc1. The number of ether oxygens (including phenoxy) is 2. The average Bonchev–Trinajstić information content (AvgIpc) is 3.72. The zero-order chi connectivity index (χ0) is 39.4. The molecule has 0 aliphatic carbocycles. The van der Waals surface area contributed by atoms with Crippen LogP contribution in [0.25, 0.3) is 0 Å². The van der Waals surface area contributed by atoms with Gasteiger partial charge < -0.3 is 29.7 Å². The fourth-order valence-corrected chi connectivity index (χ4v) is 10.1. The van der Waals surface area contributed by atoms with Gasteiger partial charge in [0.05, 0.1) is 36.6 Å². The molecule has 2 N–H and O–H groups in total. The Hall–Kier alpha value is -3.80. The Labute approximate surface area is 328 Å². The summed E-state index contributed by atoms with van der Waals surface area (Å²) in [6.45, 7) is 17.8. The number of alkyl halides is 1. The van der Waals surface area contributed by atoms with Gasteiger partial charge in [0.15, 0.2) is 0 Å². The van der Waals surface area contributed by atoms with Crippen LogP contribution in [0.15, 0.2) is 86.0 Å². The first kappa shape index (κ1) is 41.4. The first-order valence-corrected chi connectivity index (χ1v) is 19.8. The van der Waals surface area contributed by atoms with Gasteiger partial charge in [-0.25, -0.2) is 0 Å². The molecule has 3 fully saturated rings. The van der Waals surface area contributed by atoms with E-state index in [1.807, 2.05) is 74.5 Å². The summed E-state index contributed by atoms with van der Waals surface area (Å²) in [5.41, 5.74) is -0.497. The van der Waals surface area contributed by atoms with Crippen molar-refractivity contribution in [3.63, 3.8) is 0 Å². The minimum atomic E-state index is -1.35. The fraction of sp³-hybridized carbons (Fsp3) is 0.535. The molecule has 5 rings (SSSR count). The van der Waals surface area contributed by atoms with Gasteiger partial charge in [-0.05, 0) is 56.1 Å². The molecule has 8 atom stereocenters. The third kappa shape index (κ3) is 8.53. The zero-order valence-corrected chi connectivity index (χ0v) is 33.8. The molecule has 2 aromatic rings. The van der Waals surface area contributed by atoms with Gasteiger partial charge in [0, 0.05) is 23.3 Å². The van der Waals surface area contributed by atoms with Crippen LogP contribution in [-0.4, -0.2) is 92.5 Å². The highest BCUT2D eigenvalue weighted by Gasteiger charge is 2.77. The van der Waals surface area contributed by atoms with Crippen LogP contribution in [0.4, 0.5) is 0 Å². The van der Waals surface area contributed by atoms with Gasteiger partial charge in [0.1, 0.15) is 18.2 Å². The van der Waals surface area contributed by atoms with E-state index in [2.05, 4.69) is 55.2 Å². The Kier molecular flexibility index (Phi) is 13.0. The highest BCUT2D eigenvalue weighted by Crippen LogP contribution is 2.61. The summed E-state index contributed by atoms with van der Waals surface area (Å²) in [7, 11) is 0. The van der Waals surface area contributed by atoms with E-state index in [9.17, 15) is 14.7 Å². The molecule has 0 radical (unpaired) electrons. The first-order valence-electron chi connectivity index (χ1n) is 18.9. The maximum Gasteiger partial charge on any atom is 0.306 e. The number of fused-ring (bicyclic) bond motifs is 1. The van der Waals surface area contributed by atoms with Gasteiger partial charge in [-0.1, -0.05) is 110 Å². The van der Waals surface area contributed by atoms with E-state index in [1.54, 1.807) is 17.1 Å². The number of aliphatic hydroxyl groups excluding tert-OH is 1. The van der Waals surface area contributed by atoms with Crippen LogP contribution in [0.1, 0.15) is 77.5 Å². The van der Waals surface area contributed by atoms with E-state index in [1.165, 1.54) is 4.90 Å². The molecule has 1 spiro atoms. The van der Waals surface area contributed by atoms with Crippen molar-refractivity contribution in [1.29, 1.82) is 0 Å². The molecule has 10 nitrogen and oxygen atoms in total. The number of nitrogens with zero attached hydrogens (tertiary/aromatic N) is 2. The lowest BCUT2D eigenvalue weighted by atomic mass is 9.70. The second-order valence-electron chi connectivity index (χ2n) is 16.7. The third-order valence-electron chi connectivity index (χ3n) is 10.9. The van der Waals surface area contributed by atoms with Gasteiger partial charge in [-0.3, -0.25) is 19.2 Å². The lowest BCUT2D eigenvalue weighted by Gasteiger charge is -2.46. The average molecular weight is 807 g/mol. The van der Waals surface area contributed by atoms with Gasteiger partial charge in [0.2, 0.25) is 17.7 Å². The molecule has 3 aliphatic heterocycles. The van der Waals surface area contributed by atoms with E-state index >= 15 is 9.59 Å². The van der Waals surface area contributed by atoms with Gasteiger partial charge in [-0.2, -0.15) is 0 Å². The van der Waals surface area contributed by atoms with Gasteiger partial charge >= 0.3 is 5.97 Å². The second-order valence-corrected chi connectivity index (χ2v) is 17.9. The van der Waals surface area contributed by atoms with E-state index < -0.39 is 71.6 Å².